The van der Waals surface area contributed by atoms with E-state index in [1.165, 1.54) is 26.4 Å². The third kappa shape index (κ3) is 3.87. The minimum atomic E-state index is -3.67. The average molecular weight is 373 g/mol. The first-order valence-electron chi connectivity index (χ1n) is 7.82. The molecular formula is C18H19N3O4S. The van der Waals surface area contributed by atoms with E-state index in [0.29, 0.717) is 11.5 Å². The number of rotatable bonds is 7. The Labute approximate surface area is 152 Å². The van der Waals surface area contributed by atoms with Crippen LogP contribution >= 0.6 is 0 Å². The Hall–Kier alpha value is -2.84. The molecule has 2 aromatic carbocycles. The number of sulfonamides is 1. The molecular weight excluding hydrogens is 354 g/mol. The van der Waals surface area contributed by atoms with Gasteiger partial charge in [-0.2, -0.15) is 0 Å². The van der Waals surface area contributed by atoms with Gasteiger partial charge in [0.2, 0.25) is 10.0 Å². The predicted molar refractivity (Wildman–Crippen MR) is 97.1 cm³/mol. The normalized spacial score (nSPS) is 11.3. The van der Waals surface area contributed by atoms with Crippen molar-refractivity contribution in [3.8, 4) is 17.2 Å². The van der Waals surface area contributed by atoms with Crippen LogP contribution < -0.4 is 14.2 Å². The van der Waals surface area contributed by atoms with Crippen molar-refractivity contribution in [3.05, 3.63) is 66.7 Å². The van der Waals surface area contributed by atoms with Crippen LogP contribution in [0.25, 0.3) is 5.69 Å². The minimum absolute atomic E-state index is 0.116. The summed E-state index contributed by atoms with van der Waals surface area (Å²) in [4.78, 5) is 4.12. The summed E-state index contributed by atoms with van der Waals surface area (Å²) in [6, 6.07) is 12.0. The SMILES string of the molecule is COc1ccc(S(=O)(=O)NCc2ccc(-n3ccnc3)cc2)cc1OC. The fourth-order valence-electron chi connectivity index (χ4n) is 2.44. The number of benzene rings is 2. The van der Waals surface area contributed by atoms with Crippen LogP contribution in [0.1, 0.15) is 5.56 Å². The molecule has 8 heteroatoms. The summed E-state index contributed by atoms with van der Waals surface area (Å²) < 4.78 is 39.8. The van der Waals surface area contributed by atoms with Crippen molar-refractivity contribution >= 4 is 10.0 Å². The molecule has 1 N–H and O–H groups in total. The van der Waals surface area contributed by atoms with Crippen molar-refractivity contribution in [2.45, 2.75) is 11.4 Å². The average Bonchev–Trinajstić information content (AvgIpc) is 3.21. The number of nitrogens with zero attached hydrogens (tertiary/aromatic N) is 2. The summed E-state index contributed by atoms with van der Waals surface area (Å²) in [6.07, 6.45) is 5.24. The maximum absolute atomic E-state index is 12.5. The molecule has 26 heavy (non-hydrogen) atoms. The molecule has 0 saturated heterocycles. The summed E-state index contributed by atoms with van der Waals surface area (Å²) in [7, 11) is -0.711. The lowest BCUT2D eigenvalue weighted by Gasteiger charge is -2.11. The van der Waals surface area contributed by atoms with Gasteiger partial charge in [-0.15, -0.1) is 0 Å². The lowest BCUT2D eigenvalue weighted by atomic mass is 10.2. The van der Waals surface area contributed by atoms with Crippen molar-refractivity contribution in [1.82, 2.24) is 14.3 Å². The Morgan fingerprint density at radius 1 is 1.04 bits per heavy atom. The van der Waals surface area contributed by atoms with Gasteiger partial charge in [-0.3, -0.25) is 0 Å². The molecule has 7 nitrogen and oxygen atoms in total. The van der Waals surface area contributed by atoms with Gasteiger partial charge in [-0.1, -0.05) is 12.1 Å². The Kier molecular flexibility index (Phi) is 5.24. The Balaban J connectivity index is 1.72. The van der Waals surface area contributed by atoms with E-state index in [2.05, 4.69) is 9.71 Å². The van der Waals surface area contributed by atoms with Crippen molar-refractivity contribution in [3.63, 3.8) is 0 Å². The van der Waals surface area contributed by atoms with Crippen LogP contribution in [0.4, 0.5) is 0 Å². The molecule has 1 heterocycles. The fraction of sp³-hybridized carbons (Fsp3) is 0.167. The van der Waals surface area contributed by atoms with Gasteiger partial charge < -0.3 is 14.0 Å². The summed E-state index contributed by atoms with van der Waals surface area (Å²) >= 11 is 0. The number of nitrogens with one attached hydrogen (secondary N) is 1. The van der Waals surface area contributed by atoms with Crippen LogP contribution in [0.5, 0.6) is 11.5 Å². The first-order valence-corrected chi connectivity index (χ1v) is 9.31. The fourth-order valence-corrected chi connectivity index (χ4v) is 3.48. The van der Waals surface area contributed by atoms with E-state index in [9.17, 15) is 8.42 Å². The van der Waals surface area contributed by atoms with Crippen LogP contribution in [-0.2, 0) is 16.6 Å². The lowest BCUT2D eigenvalue weighted by Crippen LogP contribution is -2.23. The summed E-state index contributed by atoms with van der Waals surface area (Å²) in [5.74, 6) is 0.835. The number of imidazole rings is 1. The maximum atomic E-state index is 12.5. The molecule has 0 saturated carbocycles. The van der Waals surface area contributed by atoms with Crippen LogP contribution in [0.3, 0.4) is 0 Å². The van der Waals surface area contributed by atoms with E-state index in [-0.39, 0.29) is 11.4 Å². The van der Waals surface area contributed by atoms with Gasteiger partial charge in [0.05, 0.1) is 25.4 Å². The molecule has 136 valence electrons. The third-order valence-electron chi connectivity index (χ3n) is 3.87. The van der Waals surface area contributed by atoms with Gasteiger partial charge in [0.1, 0.15) is 0 Å². The lowest BCUT2D eigenvalue weighted by molar-refractivity contribution is 0.354. The highest BCUT2D eigenvalue weighted by Crippen LogP contribution is 2.29. The third-order valence-corrected chi connectivity index (χ3v) is 5.27. The van der Waals surface area contributed by atoms with E-state index in [1.54, 1.807) is 18.6 Å². The first kappa shape index (κ1) is 18.0. The molecule has 0 amide bonds. The summed E-state index contributed by atoms with van der Waals surface area (Å²) in [6.45, 7) is 0.181. The van der Waals surface area contributed by atoms with Crippen molar-refractivity contribution < 1.29 is 17.9 Å². The van der Waals surface area contributed by atoms with Crippen LogP contribution in [-0.4, -0.2) is 32.2 Å². The molecule has 0 aliphatic rings. The van der Waals surface area contributed by atoms with Gasteiger partial charge in [-0.05, 0) is 29.8 Å². The molecule has 0 aliphatic carbocycles. The second kappa shape index (κ2) is 7.59. The zero-order chi connectivity index (χ0) is 18.6. The molecule has 3 rings (SSSR count). The number of ether oxygens (including phenoxy) is 2. The Bertz CT molecular complexity index is 968. The summed E-state index contributed by atoms with van der Waals surface area (Å²) in [5.41, 5.74) is 1.80. The monoisotopic (exact) mass is 373 g/mol. The quantitative estimate of drug-likeness (QED) is 0.687. The van der Waals surface area contributed by atoms with Crippen LogP contribution in [0, 0.1) is 0 Å². The molecule has 0 atom stereocenters. The molecule has 0 radical (unpaired) electrons. The van der Waals surface area contributed by atoms with Gasteiger partial charge >= 0.3 is 0 Å². The van der Waals surface area contributed by atoms with Gasteiger partial charge in [0.25, 0.3) is 0 Å². The maximum Gasteiger partial charge on any atom is 0.241 e. The van der Waals surface area contributed by atoms with Gasteiger partial charge in [0.15, 0.2) is 11.5 Å². The first-order chi connectivity index (χ1) is 12.5. The zero-order valence-corrected chi connectivity index (χ0v) is 15.2. The van der Waals surface area contributed by atoms with Crippen molar-refractivity contribution in [1.29, 1.82) is 0 Å². The minimum Gasteiger partial charge on any atom is -0.493 e. The van der Waals surface area contributed by atoms with Crippen molar-refractivity contribution in [2.75, 3.05) is 14.2 Å². The molecule has 0 spiro atoms. The van der Waals surface area contributed by atoms with Crippen LogP contribution in [0.15, 0.2) is 66.1 Å². The zero-order valence-electron chi connectivity index (χ0n) is 14.4. The Morgan fingerprint density at radius 2 is 1.77 bits per heavy atom. The molecule has 1 aromatic heterocycles. The summed E-state index contributed by atoms with van der Waals surface area (Å²) in [5, 5.41) is 0. The van der Waals surface area contributed by atoms with E-state index in [1.807, 2.05) is 35.0 Å². The molecule has 0 unspecified atom stereocenters. The highest BCUT2D eigenvalue weighted by Gasteiger charge is 2.16. The number of hydrogen-bond donors (Lipinski definition) is 1. The largest absolute Gasteiger partial charge is 0.493 e. The van der Waals surface area contributed by atoms with E-state index in [4.69, 9.17) is 9.47 Å². The van der Waals surface area contributed by atoms with E-state index < -0.39 is 10.0 Å². The Morgan fingerprint density at radius 3 is 2.38 bits per heavy atom. The smallest absolute Gasteiger partial charge is 0.241 e. The predicted octanol–water partition coefficient (Wildman–Crippen LogP) is 2.37. The van der Waals surface area contributed by atoms with Gasteiger partial charge in [0, 0.05) is 30.7 Å². The highest BCUT2D eigenvalue weighted by molar-refractivity contribution is 7.89. The number of hydrogen-bond acceptors (Lipinski definition) is 5. The van der Waals surface area contributed by atoms with Crippen molar-refractivity contribution in [2.24, 2.45) is 0 Å². The molecule has 3 aromatic rings. The van der Waals surface area contributed by atoms with Gasteiger partial charge in [-0.25, -0.2) is 18.1 Å². The highest BCUT2D eigenvalue weighted by atomic mass is 32.2. The molecule has 0 bridgehead atoms. The number of methoxy groups -OCH3 is 2. The second-order valence-electron chi connectivity index (χ2n) is 5.48. The van der Waals surface area contributed by atoms with E-state index >= 15 is 0 Å². The topological polar surface area (TPSA) is 82.5 Å². The van der Waals surface area contributed by atoms with Crippen LogP contribution in [0.2, 0.25) is 0 Å². The molecule has 0 fully saturated rings. The second-order valence-corrected chi connectivity index (χ2v) is 7.24. The van der Waals surface area contributed by atoms with E-state index in [0.717, 1.165) is 11.3 Å². The number of aromatic nitrogens is 2. The standard InChI is InChI=1S/C18H19N3O4S/c1-24-17-8-7-16(11-18(17)25-2)26(22,23)20-12-14-3-5-15(6-4-14)21-10-9-19-13-21/h3-11,13,20H,12H2,1-2H3. The molecule has 0 aliphatic heterocycles.